The maximum absolute atomic E-state index is 14.2. The van der Waals surface area contributed by atoms with Crippen LogP contribution in [0.1, 0.15) is 81.5 Å². The molecule has 0 spiro atoms. The molecule has 3 aromatic rings. The van der Waals surface area contributed by atoms with E-state index in [2.05, 4.69) is 64.7 Å². The maximum atomic E-state index is 14.2. The van der Waals surface area contributed by atoms with Gasteiger partial charge in [-0.3, -0.25) is 9.29 Å². The number of rotatable bonds is 6. The van der Waals surface area contributed by atoms with Gasteiger partial charge in [-0.25, -0.2) is 8.42 Å². The van der Waals surface area contributed by atoms with E-state index >= 15 is 0 Å². The first-order valence-electron chi connectivity index (χ1n) is 11.8. The van der Waals surface area contributed by atoms with Gasteiger partial charge in [0, 0.05) is 18.9 Å². The molecule has 0 saturated heterocycles. The van der Waals surface area contributed by atoms with Crippen LogP contribution in [0.25, 0.3) is 11.1 Å². The zero-order chi connectivity index (χ0) is 23.9. The normalized spacial score (nSPS) is 13.9. The summed E-state index contributed by atoms with van der Waals surface area (Å²) in [5.74, 6) is 0.570. The molecule has 0 aliphatic carbocycles. The quantitative estimate of drug-likeness (QED) is 0.402. The van der Waals surface area contributed by atoms with Gasteiger partial charge in [0.15, 0.2) is 0 Å². The Morgan fingerprint density at radius 1 is 0.788 bits per heavy atom. The van der Waals surface area contributed by atoms with Crippen LogP contribution in [0.2, 0.25) is 0 Å². The fourth-order valence-corrected chi connectivity index (χ4v) is 6.82. The van der Waals surface area contributed by atoms with E-state index in [1.54, 1.807) is 16.7 Å². The Hall–Kier alpha value is -2.66. The summed E-state index contributed by atoms with van der Waals surface area (Å²) in [6, 6.07) is 14.3. The van der Waals surface area contributed by atoms with Crippen molar-refractivity contribution in [1.29, 1.82) is 0 Å². The van der Waals surface area contributed by atoms with E-state index in [-0.39, 0.29) is 11.8 Å². The van der Waals surface area contributed by atoms with Crippen molar-refractivity contribution in [2.75, 3.05) is 10.8 Å². The minimum absolute atomic E-state index is 0.113. The van der Waals surface area contributed by atoms with Crippen molar-refractivity contribution >= 4 is 15.7 Å². The van der Waals surface area contributed by atoms with Crippen LogP contribution in [0, 0.1) is 0 Å². The molecular formula is C28H34N2O2S. The average Bonchev–Trinajstić information content (AvgIpc) is 3.22. The van der Waals surface area contributed by atoms with Gasteiger partial charge in [-0.15, -0.1) is 0 Å². The summed E-state index contributed by atoms with van der Waals surface area (Å²) in [7, 11) is -3.70. The maximum Gasteiger partial charge on any atom is 0.264 e. The standard InChI is InChI=1S/C28H34N2O2S/c1-18(2)24-16-25(19(3)4)28(26(17-24)20(5)6)33(31,32)30-14-11-23-15-22(7-8-27(23)30)21-9-12-29-13-10-21/h7-10,12-13,15-20H,11,14H2,1-6H3. The predicted molar refractivity (Wildman–Crippen MR) is 137 cm³/mol. The smallest absolute Gasteiger partial charge is 0.264 e. The topological polar surface area (TPSA) is 50.3 Å². The lowest BCUT2D eigenvalue weighted by molar-refractivity contribution is 0.586. The number of benzene rings is 2. The molecule has 2 aromatic carbocycles. The van der Waals surface area contributed by atoms with Gasteiger partial charge in [0.1, 0.15) is 0 Å². The summed E-state index contributed by atoms with van der Waals surface area (Å²) in [5, 5.41) is 0. The molecule has 1 aliphatic rings. The molecule has 1 aromatic heterocycles. The van der Waals surface area contributed by atoms with Crippen LogP contribution in [0.5, 0.6) is 0 Å². The molecule has 0 atom stereocenters. The Labute approximate surface area is 198 Å². The van der Waals surface area contributed by atoms with Crippen molar-refractivity contribution in [1.82, 2.24) is 4.98 Å². The third kappa shape index (κ3) is 4.31. The molecule has 0 N–H and O–H groups in total. The number of nitrogens with zero attached hydrogens (tertiary/aromatic N) is 2. The van der Waals surface area contributed by atoms with Gasteiger partial charge in [0.05, 0.1) is 10.6 Å². The summed E-state index contributed by atoms with van der Waals surface area (Å²) < 4.78 is 30.0. The second-order valence-corrected chi connectivity index (χ2v) is 11.7. The molecule has 5 heteroatoms. The molecule has 174 valence electrons. The highest BCUT2D eigenvalue weighted by Gasteiger charge is 2.35. The van der Waals surface area contributed by atoms with Crippen LogP contribution in [0.3, 0.4) is 0 Å². The summed E-state index contributed by atoms with van der Waals surface area (Å²) in [6.07, 6.45) is 4.27. The van der Waals surface area contributed by atoms with E-state index in [1.807, 2.05) is 24.3 Å². The Morgan fingerprint density at radius 2 is 1.39 bits per heavy atom. The summed E-state index contributed by atoms with van der Waals surface area (Å²) in [6.45, 7) is 13.1. The minimum atomic E-state index is -3.70. The number of sulfonamides is 1. The van der Waals surface area contributed by atoms with Crippen LogP contribution in [0.4, 0.5) is 5.69 Å². The van der Waals surface area contributed by atoms with E-state index in [9.17, 15) is 8.42 Å². The molecule has 33 heavy (non-hydrogen) atoms. The molecule has 0 fully saturated rings. The molecule has 4 rings (SSSR count). The van der Waals surface area contributed by atoms with Gasteiger partial charge < -0.3 is 0 Å². The van der Waals surface area contributed by atoms with Crippen LogP contribution in [-0.2, 0) is 16.4 Å². The lowest BCUT2D eigenvalue weighted by atomic mass is 9.89. The predicted octanol–water partition coefficient (Wildman–Crippen LogP) is 6.87. The SMILES string of the molecule is CC(C)c1cc(C(C)C)c(S(=O)(=O)N2CCc3cc(-c4ccncc4)ccc32)c(C(C)C)c1. The summed E-state index contributed by atoms with van der Waals surface area (Å²) in [4.78, 5) is 4.60. The third-order valence-corrected chi connectivity index (χ3v) is 8.52. The van der Waals surface area contributed by atoms with Crippen LogP contribution < -0.4 is 4.31 Å². The van der Waals surface area contributed by atoms with Crippen molar-refractivity contribution in [3.05, 3.63) is 77.1 Å². The van der Waals surface area contributed by atoms with E-state index in [0.29, 0.717) is 23.8 Å². The second-order valence-electron chi connectivity index (χ2n) is 9.90. The molecular weight excluding hydrogens is 428 g/mol. The van der Waals surface area contributed by atoms with Gasteiger partial charge in [-0.2, -0.15) is 0 Å². The number of anilines is 1. The van der Waals surface area contributed by atoms with Crippen LogP contribution in [-0.4, -0.2) is 19.9 Å². The first-order valence-corrected chi connectivity index (χ1v) is 13.3. The lowest BCUT2D eigenvalue weighted by Gasteiger charge is -2.27. The molecule has 2 heterocycles. The van der Waals surface area contributed by atoms with Gasteiger partial charge in [0.25, 0.3) is 10.0 Å². The molecule has 0 saturated carbocycles. The first-order chi connectivity index (χ1) is 15.6. The van der Waals surface area contributed by atoms with Gasteiger partial charge >= 0.3 is 0 Å². The van der Waals surface area contributed by atoms with Crippen molar-refractivity contribution in [3.63, 3.8) is 0 Å². The van der Waals surface area contributed by atoms with Crippen LogP contribution in [0.15, 0.2) is 59.8 Å². The van der Waals surface area contributed by atoms with Crippen molar-refractivity contribution in [2.45, 2.75) is 70.6 Å². The molecule has 0 unspecified atom stereocenters. The number of pyridine rings is 1. The zero-order valence-corrected chi connectivity index (χ0v) is 21.3. The highest BCUT2D eigenvalue weighted by molar-refractivity contribution is 7.93. The van der Waals surface area contributed by atoms with Crippen molar-refractivity contribution in [2.24, 2.45) is 0 Å². The summed E-state index contributed by atoms with van der Waals surface area (Å²) >= 11 is 0. The minimum Gasteiger partial charge on any atom is -0.266 e. The second kappa shape index (κ2) is 8.94. The fourth-order valence-electron chi connectivity index (χ4n) is 4.64. The highest BCUT2D eigenvalue weighted by Crippen LogP contribution is 2.41. The molecule has 4 nitrogen and oxygen atoms in total. The van der Waals surface area contributed by atoms with Crippen LogP contribution >= 0.6 is 0 Å². The van der Waals surface area contributed by atoms with Crippen molar-refractivity contribution in [3.8, 4) is 11.1 Å². The van der Waals surface area contributed by atoms with E-state index in [4.69, 9.17) is 0 Å². The largest absolute Gasteiger partial charge is 0.266 e. The zero-order valence-electron chi connectivity index (χ0n) is 20.5. The Kier molecular flexibility index (Phi) is 6.37. The van der Waals surface area contributed by atoms with Gasteiger partial charge in [0.2, 0.25) is 0 Å². The van der Waals surface area contributed by atoms with E-state index in [1.165, 1.54) is 5.56 Å². The first kappa shape index (κ1) is 23.5. The van der Waals surface area contributed by atoms with E-state index in [0.717, 1.165) is 33.5 Å². The van der Waals surface area contributed by atoms with Gasteiger partial charge in [-0.05, 0) is 81.8 Å². The number of aromatic nitrogens is 1. The molecule has 0 radical (unpaired) electrons. The molecule has 0 bridgehead atoms. The fraction of sp³-hybridized carbons (Fsp3) is 0.393. The number of hydrogen-bond acceptors (Lipinski definition) is 3. The molecule has 0 amide bonds. The monoisotopic (exact) mass is 462 g/mol. The van der Waals surface area contributed by atoms with Gasteiger partial charge in [-0.1, -0.05) is 59.7 Å². The van der Waals surface area contributed by atoms with Crippen molar-refractivity contribution < 1.29 is 8.42 Å². The molecule has 1 aliphatic heterocycles. The summed E-state index contributed by atoms with van der Waals surface area (Å²) in [5.41, 5.74) is 7.09. The average molecular weight is 463 g/mol. The Balaban J connectivity index is 1.84. The Morgan fingerprint density at radius 3 is 1.94 bits per heavy atom. The lowest BCUT2D eigenvalue weighted by Crippen LogP contribution is -2.31. The number of fused-ring (bicyclic) bond motifs is 1. The Bertz CT molecular complexity index is 1230. The third-order valence-electron chi connectivity index (χ3n) is 6.57. The number of hydrogen-bond donors (Lipinski definition) is 0. The highest BCUT2D eigenvalue weighted by atomic mass is 32.2. The van der Waals surface area contributed by atoms with E-state index < -0.39 is 10.0 Å².